The third-order valence-corrected chi connectivity index (χ3v) is 3.23. The Balaban J connectivity index is 0.00000225. The molecule has 0 heterocycles. The first kappa shape index (κ1) is 15.8. The van der Waals surface area contributed by atoms with Crippen molar-refractivity contribution in [3.63, 3.8) is 0 Å². The summed E-state index contributed by atoms with van der Waals surface area (Å²) < 4.78 is 13.6. The molecule has 0 saturated heterocycles. The Hall–Kier alpha value is -0.160. The summed E-state index contributed by atoms with van der Waals surface area (Å²) in [6.45, 7) is 3.75. The van der Waals surface area contributed by atoms with Crippen LogP contribution in [0.4, 0.5) is 4.39 Å². The number of rotatable bonds is 3. The lowest BCUT2D eigenvalue weighted by molar-refractivity contribution is 0.0976. The van der Waals surface area contributed by atoms with Crippen LogP contribution in [0, 0.1) is 11.7 Å². The standard InChI is InChI=1S/C11H15BrFNO.ClH/c1-6(2)11(15)10(14)7-4-3-5-8(13)9(7)12;/h3-6,10-11,15H,14H2,1-2H3;1H/t10-,11+;/m0./s1. The highest BCUT2D eigenvalue weighted by Gasteiger charge is 2.22. The lowest BCUT2D eigenvalue weighted by atomic mass is 9.94. The van der Waals surface area contributed by atoms with Crippen LogP contribution in [-0.4, -0.2) is 11.2 Å². The summed E-state index contributed by atoms with van der Waals surface area (Å²) in [5.74, 6) is -0.325. The van der Waals surface area contributed by atoms with Gasteiger partial charge in [0.15, 0.2) is 0 Å². The van der Waals surface area contributed by atoms with Crippen LogP contribution in [-0.2, 0) is 0 Å². The second-order valence-corrected chi connectivity index (χ2v) is 4.70. The van der Waals surface area contributed by atoms with E-state index in [9.17, 15) is 9.50 Å². The molecule has 1 rings (SSSR count). The minimum absolute atomic E-state index is 0. The third-order valence-electron chi connectivity index (χ3n) is 2.39. The van der Waals surface area contributed by atoms with Gasteiger partial charge in [-0.3, -0.25) is 0 Å². The summed E-state index contributed by atoms with van der Waals surface area (Å²) in [4.78, 5) is 0. The predicted molar refractivity (Wildman–Crippen MR) is 69.1 cm³/mol. The molecule has 0 aromatic heterocycles. The van der Waals surface area contributed by atoms with Crippen LogP contribution in [0.2, 0.25) is 0 Å². The molecule has 0 amide bonds. The van der Waals surface area contributed by atoms with Crippen molar-refractivity contribution < 1.29 is 9.50 Å². The van der Waals surface area contributed by atoms with Crippen LogP contribution in [0.25, 0.3) is 0 Å². The molecule has 2 nitrogen and oxygen atoms in total. The maximum absolute atomic E-state index is 13.2. The molecule has 16 heavy (non-hydrogen) atoms. The molecule has 0 aliphatic rings. The fraction of sp³-hybridized carbons (Fsp3) is 0.455. The largest absolute Gasteiger partial charge is 0.391 e. The van der Waals surface area contributed by atoms with Gasteiger partial charge in [-0.05, 0) is 33.5 Å². The zero-order valence-corrected chi connectivity index (χ0v) is 11.6. The van der Waals surface area contributed by atoms with Gasteiger partial charge in [-0.2, -0.15) is 0 Å². The summed E-state index contributed by atoms with van der Waals surface area (Å²) in [5, 5.41) is 9.80. The van der Waals surface area contributed by atoms with Crippen LogP contribution in [0.3, 0.4) is 0 Å². The maximum Gasteiger partial charge on any atom is 0.137 e. The lowest BCUT2D eigenvalue weighted by Gasteiger charge is -2.23. The number of benzene rings is 1. The number of nitrogens with two attached hydrogens (primary N) is 1. The van der Waals surface area contributed by atoms with Gasteiger partial charge >= 0.3 is 0 Å². The normalized spacial score (nSPS) is 14.4. The van der Waals surface area contributed by atoms with E-state index in [-0.39, 0.29) is 24.1 Å². The van der Waals surface area contributed by atoms with Crippen LogP contribution in [0.15, 0.2) is 22.7 Å². The summed E-state index contributed by atoms with van der Waals surface area (Å²) in [6, 6.07) is 4.07. The fourth-order valence-corrected chi connectivity index (χ4v) is 1.91. The van der Waals surface area contributed by atoms with E-state index >= 15 is 0 Å². The number of hydrogen-bond donors (Lipinski definition) is 2. The van der Waals surface area contributed by atoms with Crippen LogP contribution in [0.1, 0.15) is 25.5 Å². The molecule has 1 aromatic carbocycles. The van der Waals surface area contributed by atoms with Gasteiger partial charge in [-0.15, -0.1) is 12.4 Å². The first-order valence-electron chi connectivity index (χ1n) is 4.82. The third kappa shape index (κ3) is 3.42. The van der Waals surface area contributed by atoms with Crippen molar-refractivity contribution in [2.45, 2.75) is 26.0 Å². The monoisotopic (exact) mass is 311 g/mol. The topological polar surface area (TPSA) is 46.2 Å². The van der Waals surface area contributed by atoms with E-state index in [1.165, 1.54) is 6.07 Å². The van der Waals surface area contributed by atoms with Crippen molar-refractivity contribution in [2.75, 3.05) is 0 Å². The number of aliphatic hydroxyl groups is 1. The molecular formula is C11H16BrClFNO. The molecule has 0 saturated carbocycles. The molecule has 0 bridgehead atoms. The maximum atomic E-state index is 13.2. The quantitative estimate of drug-likeness (QED) is 0.901. The summed E-state index contributed by atoms with van der Waals surface area (Å²) >= 11 is 3.13. The summed E-state index contributed by atoms with van der Waals surface area (Å²) in [7, 11) is 0. The average molecular weight is 313 g/mol. The SMILES string of the molecule is CC(C)[C@@H](O)[C@@H](N)c1cccc(F)c1Br.Cl. The number of aliphatic hydroxyl groups excluding tert-OH is 1. The van der Waals surface area contributed by atoms with Crippen LogP contribution in [0.5, 0.6) is 0 Å². The zero-order valence-electron chi connectivity index (χ0n) is 9.15. The van der Waals surface area contributed by atoms with Gasteiger partial charge in [0.05, 0.1) is 16.6 Å². The molecular weight excluding hydrogens is 296 g/mol. The van der Waals surface area contributed by atoms with Crippen molar-refractivity contribution in [3.05, 3.63) is 34.1 Å². The van der Waals surface area contributed by atoms with Gasteiger partial charge in [0, 0.05) is 0 Å². The molecule has 0 fully saturated rings. The Kier molecular flexibility index (Phi) is 6.48. The Labute approximate surface area is 110 Å². The highest BCUT2D eigenvalue weighted by molar-refractivity contribution is 9.10. The number of halogens is 3. The van der Waals surface area contributed by atoms with E-state index in [2.05, 4.69) is 15.9 Å². The average Bonchev–Trinajstić information content (AvgIpc) is 2.20. The van der Waals surface area contributed by atoms with Crippen molar-refractivity contribution in [1.29, 1.82) is 0 Å². The van der Waals surface area contributed by atoms with E-state index in [0.717, 1.165) is 0 Å². The Morgan fingerprint density at radius 1 is 1.38 bits per heavy atom. The van der Waals surface area contributed by atoms with Crippen molar-refractivity contribution in [2.24, 2.45) is 11.7 Å². The van der Waals surface area contributed by atoms with Crippen molar-refractivity contribution in [1.82, 2.24) is 0 Å². The second-order valence-electron chi connectivity index (χ2n) is 3.90. The van der Waals surface area contributed by atoms with Crippen LogP contribution >= 0.6 is 28.3 Å². The molecule has 5 heteroatoms. The van der Waals surface area contributed by atoms with Crippen molar-refractivity contribution >= 4 is 28.3 Å². The smallest absolute Gasteiger partial charge is 0.137 e. The first-order valence-corrected chi connectivity index (χ1v) is 5.62. The molecule has 3 N–H and O–H groups in total. The second kappa shape index (κ2) is 6.55. The Bertz CT molecular complexity index is 349. The molecule has 1 aromatic rings. The minimum atomic E-state index is -0.678. The van der Waals surface area contributed by atoms with Gasteiger partial charge in [-0.25, -0.2) is 4.39 Å². The van der Waals surface area contributed by atoms with Crippen LogP contribution < -0.4 is 5.73 Å². The minimum Gasteiger partial charge on any atom is -0.391 e. The fourth-order valence-electron chi connectivity index (χ4n) is 1.38. The van der Waals surface area contributed by atoms with E-state index in [1.807, 2.05) is 13.8 Å². The molecule has 0 aliphatic carbocycles. The number of hydrogen-bond acceptors (Lipinski definition) is 2. The highest BCUT2D eigenvalue weighted by atomic mass is 79.9. The van der Waals surface area contributed by atoms with Gasteiger partial charge in [-0.1, -0.05) is 26.0 Å². The Morgan fingerprint density at radius 2 is 1.94 bits per heavy atom. The molecule has 0 spiro atoms. The molecule has 92 valence electrons. The molecule has 0 unspecified atom stereocenters. The molecule has 0 radical (unpaired) electrons. The van der Waals surface area contributed by atoms with Gasteiger partial charge in [0.25, 0.3) is 0 Å². The van der Waals surface area contributed by atoms with Crippen molar-refractivity contribution in [3.8, 4) is 0 Å². The highest BCUT2D eigenvalue weighted by Crippen LogP contribution is 2.28. The van der Waals surface area contributed by atoms with E-state index in [4.69, 9.17) is 5.73 Å². The summed E-state index contributed by atoms with van der Waals surface area (Å²) in [5.41, 5.74) is 6.46. The van der Waals surface area contributed by atoms with E-state index in [1.54, 1.807) is 12.1 Å². The molecule has 2 atom stereocenters. The Morgan fingerprint density at radius 3 is 2.44 bits per heavy atom. The summed E-state index contributed by atoms with van der Waals surface area (Å²) in [6.07, 6.45) is -0.678. The first-order chi connectivity index (χ1) is 6.95. The lowest BCUT2D eigenvalue weighted by Crippen LogP contribution is -2.30. The predicted octanol–water partition coefficient (Wildman–Crippen LogP) is 3.03. The van der Waals surface area contributed by atoms with Gasteiger partial charge < -0.3 is 10.8 Å². The van der Waals surface area contributed by atoms with E-state index in [0.29, 0.717) is 10.0 Å². The molecule has 0 aliphatic heterocycles. The van der Waals surface area contributed by atoms with Gasteiger partial charge in [0.2, 0.25) is 0 Å². The van der Waals surface area contributed by atoms with E-state index < -0.39 is 12.1 Å². The zero-order chi connectivity index (χ0) is 11.6. The van der Waals surface area contributed by atoms with Gasteiger partial charge in [0.1, 0.15) is 5.82 Å².